The molecular weight excluding hydrogens is 180 g/mol. The van der Waals surface area contributed by atoms with Gasteiger partial charge in [0.15, 0.2) is 9.76 Å². The van der Waals surface area contributed by atoms with Gasteiger partial charge in [-0.05, 0) is 36.2 Å². The predicted molar refractivity (Wildman–Crippen MR) is 57.7 cm³/mol. The Kier molecular flexibility index (Phi) is 3.51. The number of methoxy groups -OCH3 is 1. The standard InChI is InChI=1S/C10H16O2Si/c1-7-8(2)10(13-12-4)6-5-9(7)11-3/h5-6H,13H2,1-4H3. The SMILES string of the molecule is CO[SiH2]c1ccc(OC)c(C)c1C. The topological polar surface area (TPSA) is 18.5 Å². The average Bonchev–Trinajstić information content (AvgIpc) is 2.14. The molecule has 0 aliphatic carbocycles. The fourth-order valence-electron chi connectivity index (χ4n) is 1.38. The highest BCUT2D eigenvalue weighted by Crippen LogP contribution is 2.18. The third-order valence-corrected chi connectivity index (χ3v) is 3.74. The minimum absolute atomic E-state index is 0.531. The Morgan fingerprint density at radius 3 is 2.31 bits per heavy atom. The highest BCUT2D eigenvalue weighted by Gasteiger charge is 2.05. The van der Waals surface area contributed by atoms with E-state index in [0.29, 0.717) is 0 Å². The van der Waals surface area contributed by atoms with Gasteiger partial charge in [0.1, 0.15) is 5.75 Å². The Balaban J connectivity index is 3.07. The molecule has 0 radical (unpaired) electrons. The molecule has 13 heavy (non-hydrogen) atoms. The molecule has 3 heteroatoms. The number of hydrogen-bond acceptors (Lipinski definition) is 2. The van der Waals surface area contributed by atoms with Crippen molar-refractivity contribution in [2.24, 2.45) is 0 Å². The van der Waals surface area contributed by atoms with E-state index in [4.69, 9.17) is 9.16 Å². The second-order valence-corrected chi connectivity index (χ2v) is 4.74. The van der Waals surface area contributed by atoms with Gasteiger partial charge in [-0.25, -0.2) is 0 Å². The maximum Gasteiger partial charge on any atom is 0.191 e. The van der Waals surface area contributed by atoms with Crippen LogP contribution in [-0.2, 0) is 4.43 Å². The van der Waals surface area contributed by atoms with Crippen LogP contribution in [0.15, 0.2) is 12.1 Å². The second kappa shape index (κ2) is 4.44. The van der Waals surface area contributed by atoms with Crippen LogP contribution < -0.4 is 9.92 Å². The minimum atomic E-state index is -0.531. The van der Waals surface area contributed by atoms with Crippen LogP contribution in [0.3, 0.4) is 0 Å². The Labute approximate surface area is 81.8 Å². The van der Waals surface area contributed by atoms with Gasteiger partial charge in [-0.3, -0.25) is 0 Å². The fraction of sp³-hybridized carbons (Fsp3) is 0.400. The third kappa shape index (κ3) is 2.11. The van der Waals surface area contributed by atoms with Gasteiger partial charge < -0.3 is 9.16 Å². The Hall–Kier alpha value is -0.803. The van der Waals surface area contributed by atoms with Crippen molar-refractivity contribution in [2.75, 3.05) is 14.2 Å². The number of hydrogen-bond donors (Lipinski definition) is 0. The molecular formula is C10H16O2Si. The Morgan fingerprint density at radius 2 is 1.77 bits per heavy atom. The van der Waals surface area contributed by atoms with Crippen LogP contribution in [0.5, 0.6) is 5.75 Å². The van der Waals surface area contributed by atoms with Crippen molar-refractivity contribution in [3.8, 4) is 5.75 Å². The van der Waals surface area contributed by atoms with Gasteiger partial charge in [-0.15, -0.1) is 0 Å². The lowest BCUT2D eigenvalue weighted by Crippen LogP contribution is -2.20. The van der Waals surface area contributed by atoms with Crippen molar-refractivity contribution >= 4 is 14.9 Å². The van der Waals surface area contributed by atoms with Crippen molar-refractivity contribution in [3.63, 3.8) is 0 Å². The van der Waals surface area contributed by atoms with Crippen molar-refractivity contribution in [1.29, 1.82) is 0 Å². The van der Waals surface area contributed by atoms with Crippen LogP contribution in [0, 0.1) is 13.8 Å². The molecule has 0 aromatic heterocycles. The summed E-state index contributed by atoms with van der Waals surface area (Å²) in [5.74, 6) is 0.964. The zero-order valence-electron chi connectivity index (χ0n) is 8.68. The summed E-state index contributed by atoms with van der Waals surface area (Å²) in [6.45, 7) is 4.21. The molecule has 0 N–H and O–H groups in total. The summed E-state index contributed by atoms with van der Waals surface area (Å²) in [6.07, 6.45) is 0. The molecule has 0 saturated carbocycles. The first kappa shape index (κ1) is 10.3. The summed E-state index contributed by atoms with van der Waals surface area (Å²) in [6, 6.07) is 4.13. The van der Waals surface area contributed by atoms with E-state index < -0.39 is 9.76 Å². The largest absolute Gasteiger partial charge is 0.496 e. The summed E-state index contributed by atoms with van der Waals surface area (Å²) in [7, 11) is 2.94. The highest BCUT2D eigenvalue weighted by molar-refractivity contribution is 6.47. The summed E-state index contributed by atoms with van der Waals surface area (Å²) < 4.78 is 10.5. The van der Waals surface area contributed by atoms with Crippen molar-refractivity contribution in [2.45, 2.75) is 13.8 Å². The van der Waals surface area contributed by atoms with Crippen LogP contribution in [0.4, 0.5) is 0 Å². The first-order valence-corrected chi connectivity index (χ1v) is 5.61. The molecule has 1 rings (SSSR count). The third-order valence-electron chi connectivity index (χ3n) is 2.37. The molecule has 0 aliphatic rings. The zero-order chi connectivity index (χ0) is 9.84. The number of ether oxygens (including phenoxy) is 1. The fourth-order valence-corrected chi connectivity index (χ4v) is 2.39. The van der Waals surface area contributed by atoms with Gasteiger partial charge in [0.25, 0.3) is 0 Å². The van der Waals surface area contributed by atoms with Gasteiger partial charge in [0.2, 0.25) is 0 Å². The predicted octanol–water partition coefficient (Wildman–Crippen LogP) is 0.668. The smallest absolute Gasteiger partial charge is 0.191 e. The maximum absolute atomic E-state index is 5.24. The van der Waals surface area contributed by atoms with E-state index in [-0.39, 0.29) is 0 Å². The molecule has 0 unspecified atom stereocenters. The maximum atomic E-state index is 5.24. The molecule has 0 fully saturated rings. The van der Waals surface area contributed by atoms with Gasteiger partial charge in [0, 0.05) is 7.11 Å². The van der Waals surface area contributed by atoms with Crippen LogP contribution in [0.2, 0.25) is 0 Å². The zero-order valence-corrected chi connectivity index (χ0v) is 10.1. The molecule has 72 valence electrons. The second-order valence-electron chi connectivity index (χ2n) is 3.11. The van der Waals surface area contributed by atoms with E-state index in [1.54, 1.807) is 14.2 Å². The molecule has 0 atom stereocenters. The molecule has 0 aliphatic heterocycles. The van der Waals surface area contributed by atoms with Crippen LogP contribution in [0.1, 0.15) is 11.1 Å². The normalized spacial score (nSPS) is 11.1. The lowest BCUT2D eigenvalue weighted by molar-refractivity contribution is 0.411. The number of benzene rings is 1. The Bertz CT molecular complexity index is 297. The molecule has 1 aromatic carbocycles. The minimum Gasteiger partial charge on any atom is -0.496 e. The lowest BCUT2D eigenvalue weighted by Gasteiger charge is -2.11. The molecule has 1 aromatic rings. The van der Waals surface area contributed by atoms with Crippen molar-refractivity contribution < 1.29 is 9.16 Å². The molecule has 0 heterocycles. The molecule has 0 amide bonds. The van der Waals surface area contributed by atoms with E-state index in [0.717, 1.165) is 5.75 Å². The lowest BCUT2D eigenvalue weighted by atomic mass is 10.1. The quantitative estimate of drug-likeness (QED) is 0.662. The molecule has 0 saturated heterocycles. The molecule has 2 nitrogen and oxygen atoms in total. The van der Waals surface area contributed by atoms with Gasteiger partial charge >= 0.3 is 0 Å². The molecule has 0 bridgehead atoms. The van der Waals surface area contributed by atoms with E-state index >= 15 is 0 Å². The summed E-state index contributed by atoms with van der Waals surface area (Å²) in [5.41, 5.74) is 2.54. The van der Waals surface area contributed by atoms with E-state index in [9.17, 15) is 0 Å². The summed E-state index contributed by atoms with van der Waals surface area (Å²) in [4.78, 5) is 0. The monoisotopic (exact) mass is 196 g/mol. The van der Waals surface area contributed by atoms with E-state index in [2.05, 4.69) is 19.9 Å². The first-order chi connectivity index (χ1) is 6.20. The van der Waals surface area contributed by atoms with Crippen LogP contribution in [-0.4, -0.2) is 24.0 Å². The van der Waals surface area contributed by atoms with E-state index in [1.165, 1.54) is 16.3 Å². The first-order valence-electron chi connectivity index (χ1n) is 4.32. The average molecular weight is 196 g/mol. The van der Waals surface area contributed by atoms with Crippen molar-refractivity contribution in [3.05, 3.63) is 23.3 Å². The van der Waals surface area contributed by atoms with Gasteiger partial charge in [0.05, 0.1) is 7.11 Å². The molecule has 0 spiro atoms. The summed E-state index contributed by atoms with van der Waals surface area (Å²) >= 11 is 0. The summed E-state index contributed by atoms with van der Waals surface area (Å²) in [5, 5.41) is 1.36. The highest BCUT2D eigenvalue weighted by atomic mass is 28.2. The van der Waals surface area contributed by atoms with Crippen LogP contribution >= 0.6 is 0 Å². The number of rotatable bonds is 3. The van der Waals surface area contributed by atoms with Gasteiger partial charge in [-0.1, -0.05) is 6.07 Å². The van der Waals surface area contributed by atoms with E-state index in [1.807, 2.05) is 6.07 Å². The van der Waals surface area contributed by atoms with Gasteiger partial charge in [-0.2, -0.15) is 0 Å². The van der Waals surface area contributed by atoms with Crippen LogP contribution in [0.25, 0.3) is 0 Å². The van der Waals surface area contributed by atoms with Crippen molar-refractivity contribution in [1.82, 2.24) is 0 Å². The Morgan fingerprint density at radius 1 is 1.08 bits per heavy atom.